The van der Waals surface area contributed by atoms with Crippen molar-refractivity contribution in [1.82, 2.24) is 9.47 Å². The van der Waals surface area contributed by atoms with Crippen molar-refractivity contribution in [2.45, 2.75) is 26.3 Å². The highest BCUT2D eigenvalue weighted by molar-refractivity contribution is 5.72. The zero-order valence-corrected chi connectivity index (χ0v) is 14.5. The molecule has 1 aliphatic rings. The van der Waals surface area contributed by atoms with Crippen molar-refractivity contribution in [2.24, 2.45) is 5.92 Å². The fraction of sp³-hybridized carbons (Fsp3) is 0.400. The van der Waals surface area contributed by atoms with Gasteiger partial charge in [-0.15, -0.1) is 0 Å². The maximum absolute atomic E-state index is 11.9. The highest BCUT2D eigenvalue weighted by atomic mass is 16.5. The Kier molecular flexibility index (Phi) is 5.52. The molecule has 2 aromatic rings. The number of carbonyl (C=O) groups is 1. The Labute approximate surface area is 148 Å². The number of likely N-dealkylation sites (tertiary alicyclic amines) is 1. The van der Waals surface area contributed by atoms with Gasteiger partial charge in [0.2, 0.25) is 0 Å². The summed E-state index contributed by atoms with van der Waals surface area (Å²) in [6.07, 6.45) is 3.68. The lowest BCUT2D eigenvalue weighted by atomic mass is 9.97. The van der Waals surface area contributed by atoms with E-state index in [9.17, 15) is 10.1 Å². The van der Waals surface area contributed by atoms with Gasteiger partial charge < -0.3 is 9.30 Å². The molecular formula is C20H23N3O2. The third kappa shape index (κ3) is 3.92. The Hall–Kier alpha value is -2.58. The number of aromatic nitrogens is 1. The number of ether oxygens (including phenoxy) is 1. The number of hydrogen-bond acceptors (Lipinski definition) is 4. The number of hydrogen-bond donors (Lipinski definition) is 0. The smallest absolute Gasteiger partial charge is 0.309 e. The molecule has 0 saturated carbocycles. The van der Waals surface area contributed by atoms with Gasteiger partial charge in [0.15, 0.2) is 0 Å². The summed E-state index contributed by atoms with van der Waals surface area (Å²) < 4.78 is 7.21. The Bertz CT molecular complexity index is 767. The molecule has 0 radical (unpaired) electrons. The van der Waals surface area contributed by atoms with E-state index < -0.39 is 0 Å². The zero-order chi connectivity index (χ0) is 17.6. The molecule has 0 aliphatic carbocycles. The largest absolute Gasteiger partial charge is 0.466 e. The first-order chi connectivity index (χ1) is 12.2. The fourth-order valence-electron chi connectivity index (χ4n) is 3.37. The van der Waals surface area contributed by atoms with Crippen LogP contribution in [0.25, 0.3) is 5.69 Å². The van der Waals surface area contributed by atoms with E-state index in [-0.39, 0.29) is 11.9 Å². The zero-order valence-electron chi connectivity index (χ0n) is 14.5. The lowest BCUT2D eigenvalue weighted by Gasteiger charge is -2.31. The van der Waals surface area contributed by atoms with Crippen molar-refractivity contribution in [3.8, 4) is 11.8 Å². The summed E-state index contributed by atoms with van der Waals surface area (Å²) in [5.41, 5.74) is 2.73. The van der Waals surface area contributed by atoms with Crippen LogP contribution in [0.15, 0.2) is 42.6 Å². The number of piperidine rings is 1. The summed E-state index contributed by atoms with van der Waals surface area (Å²) in [7, 11) is 0. The number of carbonyl (C=O) groups excluding carboxylic acids is 1. The molecule has 2 heterocycles. The van der Waals surface area contributed by atoms with Crippen LogP contribution in [0, 0.1) is 17.2 Å². The van der Waals surface area contributed by atoms with Crippen LogP contribution in [0.3, 0.4) is 0 Å². The Balaban J connectivity index is 1.67. The molecule has 1 aromatic carbocycles. The number of rotatable bonds is 5. The molecule has 0 amide bonds. The van der Waals surface area contributed by atoms with Crippen LogP contribution in [0.5, 0.6) is 0 Å². The monoisotopic (exact) mass is 337 g/mol. The van der Waals surface area contributed by atoms with E-state index in [0.29, 0.717) is 12.2 Å². The minimum atomic E-state index is -0.0616. The average Bonchev–Trinajstić information content (AvgIpc) is 3.10. The van der Waals surface area contributed by atoms with Crippen LogP contribution < -0.4 is 0 Å². The molecule has 0 bridgehead atoms. The van der Waals surface area contributed by atoms with Crippen molar-refractivity contribution < 1.29 is 9.53 Å². The molecule has 0 atom stereocenters. The third-order valence-electron chi connectivity index (χ3n) is 4.71. The number of esters is 1. The fourth-order valence-corrected chi connectivity index (χ4v) is 3.37. The van der Waals surface area contributed by atoms with Gasteiger partial charge in [0.1, 0.15) is 6.07 Å². The first-order valence-electron chi connectivity index (χ1n) is 8.77. The van der Waals surface area contributed by atoms with E-state index in [1.165, 1.54) is 0 Å². The van der Waals surface area contributed by atoms with E-state index in [4.69, 9.17) is 4.74 Å². The average molecular weight is 337 g/mol. The van der Waals surface area contributed by atoms with Crippen molar-refractivity contribution in [3.63, 3.8) is 0 Å². The van der Waals surface area contributed by atoms with Crippen molar-refractivity contribution in [3.05, 3.63) is 53.9 Å². The maximum atomic E-state index is 11.9. The van der Waals surface area contributed by atoms with Gasteiger partial charge in [-0.3, -0.25) is 9.69 Å². The highest BCUT2D eigenvalue weighted by Gasteiger charge is 2.26. The maximum Gasteiger partial charge on any atom is 0.309 e. The summed E-state index contributed by atoms with van der Waals surface area (Å²) in [5, 5.41) is 9.34. The summed E-state index contributed by atoms with van der Waals surface area (Å²) >= 11 is 0. The van der Waals surface area contributed by atoms with Gasteiger partial charge in [0.05, 0.1) is 23.8 Å². The Morgan fingerprint density at radius 2 is 2.00 bits per heavy atom. The molecule has 1 aromatic heterocycles. The van der Waals surface area contributed by atoms with Crippen LogP contribution in [0.1, 0.15) is 31.0 Å². The van der Waals surface area contributed by atoms with Crippen LogP contribution in [-0.4, -0.2) is 35.1 Å². The van der Waals surface area contributed by atoms with Gasteiger partial charge in [0.25, 0.3) is 0 Å². The summed E-state index contributed by atoms with van der Waals surface area (Å²) in [6.45, 7) is 4.87. The normalized spacial score (nSPS) is 15.7. The van der Waals surface area contributed by atoms with Gasteiger partial charge in [-0.2, -0.15) is 5.26 Å². The highest BCUT2D eigenvalue weighted by Crippen LogP contribution is 2.22. The van der Waals surface area contributed by atoms with Crippen LogP contribution in [0.4, 0.5) is 0 Å². The molecule has 3 rings (SSSR count). The molecule has 25 heavy (non-hydrogen) atoms. The molecule has 0 unspecified atom stereocenters. The molecule has 0 spiro atoms. The van der Waals surface area contributed by atoms with Gasteiger partial charge in [-0.05, 0) is 57.1 Å². The lowest BCUT2D eigenvalue weighted by molar-refractivity contribution is -0.149. The second-order valence-electron chi connectivity index (χ2n) is 6.30. The topological polar surface area (TPSA) is 58.3 Å². The SMILES string of the molecule is CCOC(=O)C1CCN(Cc2cccn2-c2ccccc2C#N)CC1. The number of benzene rings is 1. The molecule has 130 valence electrons. The standard InChI is InChI=1S/C20H23N3O2/c1-2-25-20(24)16-9-12-22(13-10-16)15-18-7-5-11-23(18)19-8-4-3-6-17(19)14-21/h3-8,11,16H,2,9-10,12-13,15H2,1H3. The van der Waals surface area contributed by atoms with E-state index >= 15 is 0 Å². The summed E-state index contributed by atoms with van der Waals surface area (Å²) in [4.78, 5) is 14.2. The second kappa shape index (κ2) is 8.00. The third-order valence-corrected chi connectivity index (χ3v) is 4.71. The summed E-state index contributed by atoms with van der Waals surface area (Å²) in [6, 6.07) is 14.0. The minimum absolute atomic E-state index is 0.0299. The Morgan fingerprint density at radius 1 is 1.24 bits per heavy atom. The number of nitriles is 1. The minimum Gasteiger partial charge on any atom is -0.466 e. The number of nitrogens with zero attached hydrogens (tertiary/aromatic N) is 3. The van der Waals surface area contributed by atoms with E-state index in [1.54, 1.807) is 0 Å². The molecule has 1 aliphatic heterocycles. The molecule has 1 saturated heterocycles. The lowest BCUT2D eigenvalue weighted by Crippen LogP contribution is -2.36. The first kappa shape index (κ1) is 17.2. The summed E-state index contributed by atoms with van der Waals surface area (Å²) in [5.74, 6) is -0.0317. The van der Waals surface area contributed by atoms with E-state index in [2.05, 4.69) is 21.6 Å². The molecule has 5 nitrogen and oxygen atoms in total. The first-order valence-corrected chi connectivity index (χ1v) is 8.77. The van der Waals surface area contributed by atoms with Crippen molar-refractivity contribution in [1.29, 1.82) is 5.26 Å². The Morgan fingerprint density at radius 3 is 2.72 bits per heavy atom. The predicted octanol–water partition coefficient (Wildman–Crippen LogP) is 3.12. The van der Waals surface area contributed by atoms with Gasteiger partial charge >= 0.3 is 5.97 Å². The van der Waals surface area contributed by atoms with Gasteiger partial charge in [-0.25, -0.2) is 0 Å². The van der Waals surface area contributed by atoms with E-state index in [1.807, 2.05) is 43.5 Å². The molecular weight excluding hydrogens is 314 g/mol. The molecule has 0 N–H and O–H groups in total. The molecule has 5 heteroatoms. The van der Waals surface area contributed by atoms with Gasteiger partial charge in [-0.1, -0.05) is 12.1 Å². The molecule has 1 fully saturated rings. The van der Waals surface area contributed by atoms with Crippen LogP contribution in [0.2, 0.25) is 0 Å². The van der Waals surface area contributed by atoms with Crippen LogP contribution in [-0.2, 0) is 16.1 Å². The van der Waals surface area contributed by atoms with E-state index in [0.717, 1.165) is 43.9 Å². The second-order valence-corrected chi connectivity index (χ2v) is 6.30. The quantitative estimate of drug-likeness (QED) is 0.787. The van der Waals surface area contributed by atoms with Crippen molar-refractivity contribution in [2.75, 3.05) is 19.7 Å². The van der Waals surface area contributed by atoms with Crippen molar-refractivity contribution >= 4 is 5.97 Å². The number of para-hydroxylation sites is 1. The van der Waals surface area contributed by atoms with Gasteiger partial charge in [0, 0.05) is 18.4 Å². The van der Waals surface area contributed by atoms with Crippen LogP contribution >= 0.6 is 0 Å². The predicted molar refractivity (Wildman–Crippen MR) is 95.1 cm³/mol.